The summed E-state index contributed by atoms with van der Waals surface area (Å²) in [5.41, 5.74) is 3.94. The van der Waals surface area contributed by atoms with Gasteiger partial charge in [0.05, 0.1) is 11.2 Å². The molecule has 0 saturated carbocycles. The second-order valence-corrected chi connectivity index (χ2v) is 5.19. The van der Waals surface area contributed by atoms with Gasteiger partial charge in [0.1, 0.15) is 0 Å². The van der Waals surface area contributed by atoms with Crippen LogP contribution in [0.2, 0.25) is 0 Å². The number of imidazole rings is 1. The maximum absolute atomic E-state index is 5.48. The number of allylic oxidation sites excluding steroid dienone is 6. The van der Waals surface area contributed by atoms with Crippen LogP contribution in [-0.4, -0.2) is 20.7 Å². The largest absolute Gasteiger partial charge is 0.348 e. The monoisotopic (exact) mass is 312 g/mol. The number of aromatic amines is 1. The van der Waals surface area contributed by atoms with Gasteiger partial charge in [0.2, 0.25) is 0 Å². The highest BCUT2D eigenvalue weighted by molar-refractivity contribution is 9.09. The molecular weight excluding hydrogens is 300 g/mol. The molecule has 1 heterocycles. The predicted octanol–water partition coefficient (Wildman–Crippen LogP) is 3.77. The number of rotatable bonds is 3. The second-order valence-electron chi connectivity index (χ2n) is 3.90. The topological polar surface area (TPSA) is 28.7 Å². The van der Waals surface area contributed by atoms with Gasteiger partial charge in [0, 0.05) is 17.8 Å². The summed E-state index contributed by atoms with van der Waals surface area (Å²) in [4.78, 5) is 7.39. The average Bonchev–Trinajstić information content (AvgIpc) is 3.07. The molecule has 2 nitrogen and oxygen atoms in total. The van der Waals surface area contributed by atoms with E-state index in [1.807, 2.05) is 6.20 Å². The fraction of sp³-hybridized carbons (Fsp3) is 0.308. The highest BCUT2D eigenvalue weighted by Crippen LogP contribution is 2.34. The first kappa shape index (κ1) is 12.7. The molecule has 1 N–H and O–H groups in total. The molecule has 0 unspecified atom stereocenters. The normalized spacial score (nSPS) is 16.6. The standard InChI is InChI=1S/C7H5Br.C6H9ClN2/c8-7-5-1-2-6(7)4-3-5;7-3-1-2-6-4-8-5-9-6/h1-4,7H;4-5H,1-3H2,(H,8,9). The number of fused-ring (bicyclic) bond motifs is 2. The molecule has 0 fully saturated rings. The van der Waals surface area contributed by atoms with Crippen molar-refractivity contribution in [3.05, 3.63) is 53.7 Å². The van der Waals surface area contributed by atoms with Crippen molar-refractivity contribution in [1.29, 1.82) is 0 Å². The van der Waals surface area contributed by atoms with Crippen molar-refractivity contribution < 1.29 is 0 Å². The lowest BCUT2D eigenvalue weighted by molar-refractivity contribution is 0.898. The summed E-state index contributed by atoms with van der Waals surface area (Å²) < 4.78 is 0. The molecule has 0 aliphatic heterocycles. The second kappa shape index (κ2) is 6.22. The minimum atomic E-state index is 0.516. The van der Waals surface area contributed by atoms with Crippen molar-refractivity contribution >= 4 is 27.5 Å². The van der Waals surface area contributed by atoms with Crippen LogP contribution in [0.5, 0.6) is 0 Å². The molecule has 2 aliphatic carbocycles. The van der Waals surface area contributed by atoms with Gasteiger partial charge in [-0.05, 0) is 24.0 Å². The number of aromatic nitrogens is 2. The number of aryl methyl sites for hydroxylation is 1. The highest BCUT2D eigenvalue weighted by Gasteiger charge is 2.20. The number of nitrogens with one attached hydrogen (secondary N) is 1. The van der Waals surface area contributed by atoms with E-state index in [9.17, 15) is 0 Å². The van der Waals surface area contributed by atoms with Crippen LogP contribution in [0.15, 0.2) is 48.0 Å². The van der Waals surface area contributed by atoms with Gasteiger partial charge in [0.15, 0.2) is 0 Å². The number of halogens is 2. The molecule has 3 rings (SSSR count). The van der Waals surface area contributed by atoms with E-state index in [0.717, 1.165) is 24.4 Å². The van der Waals surface area contributed by atoms with Gasteiger partial charge in [0.25, 0.3) is 0 Å². The maximum atomic E-state index is 5.48. The molecule has 0 radical (unpaired) electrons. The van der Waals surface area contributed by atoms with Crippen LogP contribution in [0, 0.1) is 0 Å². The first-order valence-electron chi connectivity index (χ1n) is 5.58. The lowest BCUT2D eigenvalue weighted by Crippen LogP contribution is -1.89. The zero-order valence-electron chi connectivity index (χ0n) is 9.37. The summed E-state index contributed by atoms with van der Waals surface area (Å²) in [6, 6.07) is 0. The van der Waals surface area contributed by atoms with Crippen LogP contribution >= 0.6 is 27.5 Å². The molecule has 90 valence electrons. The zero-order valence-corrected chi connectivity index (χ0v) is 11.7. The summed E-state index contributed by atoms with van der Waals surface area (Å²) in [5.74, 6) is 0.721. The molecule has 2 aliphatic rings. The first-order valence-corrected chi connectivity index (χ1v) is 7.03. The average molecular weight is 314 g/mol. The molecule has 1 aromatic heterocycles. The van der Waals surface area contributed by atoms with Crippen LogP contribution in [0.4, 0.5) is 0 Å². The van der Waals surface area contributed by atoms with Gasteiger partial charge in [-0.25, -0.2) is 4.98 Å². The molecule has 0 atom stereocenters. The summed E-state index contributed by atoms with van der Waals surface area (Å²) in [7, 11) is 0. The van der Waals surface area contributed by atoms with Crippen molar-refractivity contribution in [3.8, 4) is 0 Å². The number of hydrogen-bond donors (Lipinski definition) is 1. The third kappa shape index (κ3) is 3.33. The third-order valence-corrected chi connectivity index (χ3v) is 3.98. The van der Waals surface area contributed by atoms with Gasteiger partial charge < -0.3 is 4.98 Å². The Bertz CT molecular complexity index is 424. The van der Waals surface area contributed by atoms with Gasteiger partial charge in [-0.15, -0.1) is 11.6 Å². The fourth-order valence-corrected chi connectivity index (χ4v) is 2.45. The number of H-pyrrole nitrogens is 1. The van der Waals surface area contributed by atoms with E-state index < -0.39 is 0 Å². The van der Waals surface area contributed by atoms with E-state index in [1.165, 1.54) is 11.1 Å². The Morgan fingerprint density at radius 3 is 2.35 bits per heavy atom. The highest BCUT2D eigenvalue weighted by atomic mass is 79.9. The van der Waals surface area contributed by atoms with Crippen LogP contribution in [0.25, 0.3) is 0 Å². The number of hydrogen-bond acceptors (Lipinski definition) is 1. The van der Waals surface area contributed by atoms with E-state index in [1.54, 1.807) is 6.33 Å². The van der Waals surface area contributed by atoms with Crippen LogP contribution < -0.4 is 0 Å². The van der Waals surface area contributed by atoms with E-state index in [2.05, 4.69) is 50.2 Å². The van der Waals surface area contributed by atoms with Crippen molar-refractivity contribution in [3.63, 3.8) is 0 Å². The van der Waals surface area contributed by atoms with Gasteiger partial charge in [-0.3, -0.25) is 0 Å². The van der Waals surface area contributed by atoms with Crippen LogP contribution in [0.1, 0.15) is 12.1 Å². The summed E-state index contributed by atoms with van der Waals surface area (Å²) in [6.45, 7) is 0. The maximum Gasteiger partial charge on any atom is 0.0921 e. The fourth-order valence-electron chi connectivity index (χ4n) is 1.71. The zero-order chi connectivity index (χ0) is 12.1. The lowest BCUT2D eigenvalue weighted by Gasteiger charge is -1.94. The molecule has 17 heavy (non-hydrogen) atoms. The summed E-state index contributed by atoms with van der Waals surface area (Å²) in [6.07, 6.45) is 14.1. The predicted molar refractivity (Wildman–Crippen MR) is 75.6 cm³/mol. The van der Waals surface area contributed by atoms with Crippen molar-refractivity contribution in [2.45, 2.75) is 17.7 Å². The summed E-state index contributed by atoms with van der Waals surface area (Å²) >= 11 is 9.02. The minimum Gasteiger partial charge on any atom is -0.348 e. The van der Waals surface area contributed by atoms with E-state index in [-0.39, 0.29) is 0 Å². The Balaban J connectivity index is 0.000000127. The first-order chi connectivity index (χ1) is 8.31. The summed E-state index contributed by atoms with van der Waals surface area (Å²) in [5, 5.41) is 0. The molecule has 0 amide bonds. The molecule has 4 heteroatoms. The quantitative estimate of drug-likeness (QED) is 0.846. The van der Waals surface area contributed by atoms with Crippen molar-refractivity contribution in [2.75, 3.05) is 5.88 Å². The number of alkyl halides is 2. The van der Waals surface area contributed by atoms with Crippen LogP contribution in [-0.2, 0) is 6.42 Å². The van der Waals surface area contributed by atoms with Crippen LogP contribution in [0.3, 0.4) is 0 Å². The number of nitrogens with zero attached hydrogens (tertiary/aromatic N) is 1. The van der Waals surface area contributed by atoms with E-state index >= 15 is 0 Å². The van der Waals surface area contributed by atoms with Gasteiger partial charge in [-0.1, -0.05) is 40.2 Å². The SMILES string of the molecule is BrC1C2=CC=C1C=C2.ClCCCc1cnc[nH]1. The Labute approximate surface area is 115 Å². The van der Waals surface area contributed by atoms with Gasteiger partial charge >= 0.3 is 0 Å². The van der Waals surface area contributed by atoms with Crippen molar-refractivity contribution in [2.24, 2.45) is 0 Å². The molecular formula is C13H14BrClN2. The Kier molecular flexibility index (Phi) is 4.63. The van der Waals surface area contributed by atoms with E-state index in [4.69, 9.17) is 11.6 Å². The molecule has 0 spiro atoms. The molecule has 1 aromatic rings. The minimum absolute atomic E-state index is 0.516. The smallest absolute Gasteiger partial charge is 0.0921 e. The molecule has 0 saturated heterocycles. The Hall–Kier alpha value is -0.800. The van der Waals surface area contributed by atoms with Gasteiger partial charge in [-0.2, -0.15) is 0 Å². The Morgan fingerprint density at radius 1 is 1.29 bits per heavy atom. The van der Waals surface area contributed by atoms with Crippen molar-refractivity contribution in [1.82, 2.24) is 9.97 Å². The molecule has 0 aromatic carbocycles. The Morgan fingerprint density at radius 2 is 2.00 bits per heavy atom. The third-order valence-electron chi connectivity index (χ3n) is 2.66. The molecule has 2 bridgehead atoms. The van der Waals surface area contributed by atoms with E-state index in [0.29, 0.717) is 4.83 Å². The lowest BCUT2D eigenvalue weighted by atomic mass is 10.3.